The van der Waals surface area contributed by atoms with Gasteiger partial charge >= 0.3 is 0 Å². The Morgan fingerprint density at radius 2 is 1.94 bits per heavy atom. The summed E-state index contributed by atoms with van der Waals surface area (Å²) in [6, 6.07) is 16.4. The number of benzene rings is 1. The van der Waals surface area contributed by atoms with Gasteiger partial charge in [0, 0.05) is 12.6 Å². The Morgan fingerprint density at radius 3 is 2.68 bits per heavy atom. The molecule has 0 saturated heterocycles. The van der Waals surface area contributed by atoms with Crippen molar-refractivity contribution in [1.82, 2.24) is 20.0 Å². The molecule has 1 aromatic carbocycles. The number of nitrogens with zero attached hydrogens (tertiary/aromatic N) is 3. The normalized spacial score (nSPS) is 20.9. The summed E-state index contributed by atoms with van der Waals surface area (Å²) >= 11 is 1.60. The van der Waals surface area contributed by atoms with E-state index >= 15 is 0 Å². The molecular formula is C27H32N4O2S. The number of hydrogen-bond donors (Lipinski definition) is 1. The smallest absolute Gasteiger partial charge is 0.273 e. The van der Waals surface area contributed by atoms with E-state index in [2.05, 4.69) is 17.4 Å². The van der Waals surface area contributed by atoms with Gasteiger partial charge in [0.05, 0.1) is 11.4 Å². The summed E-state index contributed by atoms with van der Waals surface area (Å²) in [4.78, 5) is 30.2. The minimum atomic E-state index is -0.975. The highest BCUT2D eigenvalue weighted by atomic mass is 32.1. The molecule has 1 saturated carbocycles. The van der Waals surface area contributed by atoms with Crippen molar-refractivity contribution in [2.24, 2.45) is 0 Å². The Kier molecular flexibility index (Phi) is 6.55. The van der Waals surface area contributed by atoms with E-state index in [4.69, 9.17) is 5.10 Å². The maximum absolute atomic E-state index is 13.7. The van der Waals surface area contributed by atoms with E-state index in [1.165, 1.54) is 12.0 Å². The van der Waals surface area contributed by atoms with Gasteiger partial charge in [-0.15, -0.1) is 11.3 Å². The molecule has 1 aliphatic carbocycles. The molecule has 3 heterocycles. The largest absolute Gasteiger partial charge is 0.351 e. The molecule has 2 aliphatic rings. The highest BCUT2D eigenvalue weighted by Crippen LogP contribution is 2.32. The van der Waals surface area contributed by atoms with Gasteiger partial charge in [-0.05, 0) is 55.7 Å². The number of hydrogen-bond acceptors (Lipinski definition) is 4. The molecule has 1 N–H and O–H groups in total. The molecule has 0 radical (unpaired) electrons. The molecule has 6 nitrogen and oxygen atoms in total. The number of nitrogens with one attached hydrogen (secondary N) is 1. The van der Waals surface area contributed by atoms with Gasteiger partial charge in [-0.3, -0.25) is 14.3 Å². The number of thiophene rings is 1. The van der Waals surface area contributed by atoms with Gasteiger partial charge in [-0.25, -0.2) is 0 Å². The highest BCUT2D eigenvalue weighted by Gasteiger charge is 2.48. The Morgan fingerprint density at radius 1 is 1.15 bits per heavy atom. The van der Waals surface area contributed by atoms with Gasteiger partial charge in [0.15, 0.2) is 0 Å². The molecule has 0 unspecified atom stereocenters. The minimum Gasteiger partial charge on any atom is -0.351 e. The van der Waals surface area contributed by atoms with Crippen LogP contribution in [0.5, 0.6) is 0 Å². The molecule has 178 valence electrons. The van der Waals surface area contributed by atoms with E-state index in [9.17, 15) is 9.59 Å². The first kappa shape index (κ1) is 22.8. The van der Waals surface area contributed by atoms with Crippen molar-refractivity contribution >= 4 is 23.2 Å². The van der Waals surface area contributed by atoms with Crippen molar-refractivity contribution in [3.8, 4) is 10.6 Å². The summed E-state index contributed by atoms with van der Waals surface area (Å²) < 4.78 is 1.74. The van der Waals surface area contributed by atoms with Crippen LogP contribution < -0.4 is 5.32 Å². The molecule has 5 rings (SSSR count). The van der Waals surface area contributed by atoms with E-state index in [0.717, 1.165) is 49.1 Å². The summed E-state index contributed by atoms with van der Waals surface area (Å²) in [5, 5.41) is 10.0. The van der Waals surface area contributed by atoms with Crippen molar-refractivity contribution in [2.75, 3.05) is 6.54 Å². The molecule has 0 spiro atoms. The van der Waals surface area contributed by atoms with Crippen LogP contribution in [0.15, 0.2) is 53.9 Å². The Bertz CT molecular complexity index is 1130. The van der Waals surface area contributed by atoms with E-state index in [1.807, 2.05) is 48.7 Å². The topological polar surface area (TPSA) is 67.2 Å². The zero-order chi connectivity index (χ0) is 23.5. The van der Waals surface area contributed by atoms with Crippen LogP contribution >= 0.6 is 11.3 Å². The van der Waals surface area contributed by atoms with Crippen molar-refractivity contribution < 1.29 is 9.59 Å². The standard InChI is InChI=1S/C27H32N4O2S/c1-27(26(33)28-21-13-6-3-7-14-21)19-31-23(18-22(29-31)24-15-9-17-34-24)25(32)30(27)16-8-12-20-10-4-2-5-11-20/h2,4-5,9-11,15,17-18,21H,3,6-8,12-14,16,19H2,1H3,(H,28,33)/t27-/m0/s1. The second-order valence-electron chi connectivity index (χ2n) is 9.68. The molecule has 2 aromatic heterocycles. The molecule has 1 atom stereocenters. The summed E-state index contributed by atoms with van der Waals surface area (Å²) in [5.41, 5.74) is 1.62. The molecule has 34 heavy (non-hydrogen) atoms. The van der Waals surface area contributed by atoms with Crippen LogP contribution in [0.2, 0.25) is 0 Å². The first-order chi connectivity index (χ1) is 16.5. The van der Waals surface area contributed by atoms with E-state index in [1.54, 1.807) is 20.9 Å². The van der Waals surface area contributed by atoms with Crippen LogP contribution in [0.4, 0.5) is 0 Å². The average molecular weight is 477 g/mol. The molecule has 7 heteroatoms. The van der Waals surface area contributed by atoms with Crippen LogP contribution in [0.3, 0.4) is 0 Å². The zero-order valence-corrected chi connectivity index (χ0v) is 20.5. The highest BCUT2D eigenvalue weighted by molar-refractivity contribution is 7.13. The number of aromatic nitrogens is 2. The molecule has 0 bridgehead atoms. The van der Waals surface area contributed by atoms with E-state index in [-0.39, 0.29) is 17.9 Å². The van der Waals surface area contributed by atoms with Gasteiger partial charge in [-0.1, -0.05) is 55.7 Å². The third kappa shape index (κ3) is 4.53. The zero-order valence-electron chi connectivity index (χ0n) is 19.7. The number of amides is 2. The second-order valence-corrected chi connectivity index (χ2v) is 10.6. The number of aryl methyl sites for hydroxylation is 1. The van der Waals surface area contributed by atoms with Crippen LogP contribution in [0.1, 0.15) is 61.5 Å². The fraction of sp³-hybridized carbons (Fsp3) is 0.444. The summed E-state index contributed by atoms with van der Waals surface area (Å²) in [6.07, 6.45) is 7.22. The quantitative estimate of drug-likeness (QED) is 0.527. The average Bonchev–Trinajstić information content (AvgIpc) is 3.53. The van der Waals surface area contributed by atoms with Crippen LogP contribution in [-0.2, 0) is 17.8 Å². The van der Waals surface area contributed by atoms with E-state index < -0.39 is 5.54 Å². The Balaban J connectivity index is 1.41. The van der Waals surface area contributed by atoms with Crippen molar-refractivity contribution in [2.45, 2.75) is 70.0 Å². The van der Waals surface area contributed by atoms with Crippen LogP contribution in [0.25, 0.3) is 10.6 Å². The van der Waals surface area contributed by atoms with Gasteiger partial charge in [0.25, 0.3) is 5.91 Å². The molecule has 1 fully saturated rings. The lowest BCUT2D eigenvalue weighted by Gasteiger charge is -2.44. The van der Waals surface area contributed by atoms with Crippen molar-refractivity contribution in [3.05, 3.63) is 65.2 Å². The number of rotatable bonds is 7. The third-order valence-electron chi connectivity index (χ3n) is 7.19. The number of carbonyl (C=O) groups excluding carboxylic acids is 2. The summed E-state index contributed by atoms with van der Waals surface area (Å²) in [7, 11) is 0. The van der Waals surface area contributed by atoms with Crippen molar-refractivity contribution in [1.29, 1.82) is 0 Å². The van der Waals surface area contributed by atoms with Crippen LogP contribution in [0, 0.1) is 0 Å². The summed E-state index contributed by atoms with van der Waals surface area (Å²) in [5.74, 6) is -0.179. The monoisotopic (exact) mass is 476 g/mol. The van der Waals surface area contributed by atoms with Gasteiger partial charge < -0.3 is 10.2 Å². The SMILES string of the molecule is C[C@@]1(C(=O)NC2CCCCC2)Cn2nc(-c3cccs3)cc2C(=O)N1CCCc1ccccc1. The fourth-order valence-electron chi connectivity index (χ4n) is 5.21. The third-order valence-corrected chi connectivity index (χ3v) is 8.08. The first-order valence-corrected chi connectivity index (χ1v) is 13.2. The maximum atomic E-state index is 13.7. The number of carbonyl (C=O) groups is 2. The lowest BCUT2D eigenvalue weighted by molar-refractivity contribution is -0.134. The molecular weight excluding hydrogens is 444 g/mol. The number of fused-ring (bicyclic) bond motifs is 1. The molecule has 1 aliphatic heterocycles. The molecule has 2 amide bonds. The lowest BCUT2D eigenvalue weighted by Crippen LogP contribution is -2.65. The van der Waals surface area contributed by atoms with Gasteiger partial charge in [0.2, 0.25) is 5.91 Å². The lowest BCUT2D eigenvalue weighted by atomic mass is 9.91. The predicted molar refractivity (Wildman–Crippen MR) is 135 cm³/mol. The predicted octanol–water partition coefficient (Wildman–Crippen LogP) is 4.91. The molecule has 3 aromatic rings. The van der Waals surface area contributed by atoms with Crippen LogP contribution in [-0.4, -0.2) is 44.6 Å². The Hall–Kier alpha value is -2.93. The van der Waals surface area contributed by atoms with Gasteiger partial charge in [0.1, 0.15) is 16.9 Å². The first-order valence-electron chi connectivity index (χ1n) is 12.3. The minimum absolute atomic E-state index is 0.0636. The summed E-state index contributed by atoms with van der Waals surface area (Å²) in [6.45, 7) is 2.80. The Labute approximate surface area is 205 Å². The van der Waals surface area contributed by atoms with Gasteiger partial charge in [-0.2, -0.15) is 5.10 Å². The fourth-order valence-corrected chi connectivity index (χ4v) is 5.89. The van der Waals surface area contributed by atoms with E-state index in [0.29, 0.717) is 18.8 Å². The second kappa shape index (κ2) is 9.74. The maximum Gasteiger partial charge on any atom is 0.273 e. The van der Waals surface area contributed by atoms with Crippen molar-refractivity contribution in [3.63, 3.8) is 0 Å².